The van der Waals surface area contributed by atoms with Gasteiger partial charge in [-0.2, -0.15) is 0 Å². The zero-order valence-corrected chi connectivity index (χ0v) is 41.5. The monoisotopic (exact) mass is 982 g/mol. The summed E-state index contributed by atoms with van der Waals surface area (Å²) in [6.45, 7) is 12.7. The second-order valence-corrected chi connectivity index (χ2v) is 20.4. The first-order chi connectivity index (χ1) is 32.1. The number of nitrogens with two attached hydrogens (primary N) is 1. The molecule has 0 radical (unpaired) electrons. The Kier molecular flexibility index (Phi) is 17.3. The van der Waals surface area contributed by atoms with Gasteiger partial charge in [-0.1, -0.05) is 75.2 Å². The van der Waals surface area contributed by atoms with Crippen LogP contribution in [0.1, 0.15) is 82.4 Å². The van der Waals surface area contributed by atoms with Gasteiger partial charge in [0.1, 0.15) is 34.6 Å². The fraction of sp³-hybridized carbons (Fsp3) is 0.500. The maximum atomic E-state index is 13.8. The summed E-state index contributed by atoms with van der Waals surface area (Å²) >= 11 is 13.1. The van der Waals surface area contributed by atoms with Gasteiger partial charge < -0.3 is 50.0 Å². The number of halogens is 4. The van der Waals surface area contributed by atoms with Crippen molar-refractivity contribution in [3.63, 3.8) is 0 Å². The van der Waals surface area contributed by atoms with Crippen molar-refractivity contribution in [1.29, 1.82) is 0 Å². The van der Waals surface area contributed by atoms with Crippen molar-refractivity contribution in [3.8, 4) is 23.0 Å². The van der Waals surface area contributed by atoms with Crippen LogP contribution in [0.3, 0.4) is 0 Å². The van der Waals surface area contributed by atoms with Crippen molar-refractivity contribution < 1.29 is 47.5 Å². The maximum Gasteiger partial charge on any atom is 0.225 e. The Bertz CT molecular complexity index is 2370. The number of nitrogens with one attached hydrogen (secondary N) is 1. The molecule has 0 aromatic heterocycles. The van der Waals surface area contributed by atoms with Gasteiger partial charge in [0, 0.05) is 87.1 Å². The van der Waals surface area contributed by atoms with E-state index in [-0.39, 0.29) is 47.0 Å². The minimum Gasteiger partial charge on any atom is -0.495 e. The van der Waals surface area contributed by atoms with Crippen molar-refractivity contribution in [2.75, 3.05) is 72.0 Å². The Morgan fingerprint density at radius 3 is 1.59 bits per heavy atom. The lowest BCUT2D eigenvalue weighted by Crippen LogP contribution is -2.58. The van der Waals surface area contributed by atoms with E-state index in [0.29, 0.717) is 106 Å². The summed E-state index contributed by atoms with van der Waals surface area (Å²) in [6, 6.07) is 18.8. The number of ether oxygens (including phenoxy) is 4. The number of likely N-dealkylation sites (tertiary alicyclic amines) is 2. The van der Waals surface area contributed by atoms with Gasteiger partial charge in [0.05, 0.1) is 60.3 Å². The molecule has 2 fully saturated rings. The van der Waals surface area contributed by atoms with Crippen LogP contribution in [-0.4, -0.2) is 110 Å². The molecule has 3 atom stereocenters. The molecule has 2 aliphatic heterocycles. The number of benzene rings is 4. The molecule has 2 heterocycles. The van der Waals surface area contributed by atoms with Crippen molar-refractivity contribution in [1.82, 2.24) is 9.80 Å². The number of carbonyl (C=O) groups is 2. The maximum absolute atomic E-state index is 13.8. The van der Waals surface area contributed by atoms with Crippen LogP contribution in [0.5, 0.6) is 23.0 Å². The minimum absolute atomic E-state index is 0.205. The van der Waals surface area contributed by atoms with E-state index in [1.54, 1.807) is 36.4 Å². The molecule has 2 saturated heterocycles. The molecule has 0 bridgehead atoms. The fourth-order valence-electron chi connectivity index (χ4n) is 9.55. The number of nitrogens with zero attached hydrogens (tertiary/aromatic N) is 2. The quantitative estimate of drug-likeness (QED) is 0.0596. The lowest BCUT2D eigenvalue weighted by molar-refractivity contribution is -0.123. The van der Waals surface area contributed by atoms with Crippen LogP contribution < -0.4 is 30.0 Å². The van der Waals surface area contributed by atoms with Crippen molar-refractivity contribution in [3.05, 3.63) is 111 Å². The average molecular weight is 984 g/mol. The smallest absolute Gasteiger partial charge is 0.225 e. The predicted octanol–water partition coefficient (Wildman–Crippen LogP) is 8.84. The largest absolute Gasteiger partial charge is 0.495 e. The minimum atomic E-state index is -1.14. The summed E-state index contributed by atoms with van der Waals surface area (Å²) in [4.78, 5) is 31.5. The second kappa shape index (κ2) is 22.4. The number of anilines is 1. The van der Waals surface area contributed by atoms with Crippen molar-refractivity contribution in [2.45, 2.75) is 89.8 Å². The fourth-order valence-corrected chi connectivity index (χ4v) is 10.0. The molecule has 4 aromatic carbocycles. The lowest BCUT2D eigenvalue weighted by Gasteiger charge is -2.50. The van der Waals surface area contributed by atoms with Gasteiger partial charge >= 0.3 is 0 Å². The van der Waals surface area contributed by atoms with E-state index in [9.17, 15) is 28.6 Å². The van der Waals surface area contributed by atoms with Crippen molar-refractivity contribution in [2.24, 2.45) is 16.6 Å². The number of carbonyl (C=O) groups excluding carboxylic acids is 2. The standard InChI is InChI=1S/C52H66Cl2F2N4O8/c1-49(2)32-59(21-17-51(49,63)30-34-9-13-36(55)14-10-34)19-7-23-67-43-28-44(65-5)40(53)25-38(43)39(48(57)62)26-47(61)58-42-27-41(54)45(66-6)29-46(42)68-24-8-20-60-22-18-52(64,50(3,4)33-60)31-35-11-15-37(56)16-12-35/h9-16,25,27-29,39,63-64H,7-8,17-24,26,30-33H2,1-6H3,(H2,57,62)(H,58,61). The summed E-state index contributed by atoms with van der Waals surface area (Å²) in [5.41, 5.74) is 5.53. The zero-order valence-electron chi connectivity index (χ0n) is 39.9. The Labute approximate surface area is 409 Å². The Hall–Kier alpha value is -4.70. The third-order valence-corrected chi connectivity index (χ3v) is 14.5. The van der Waals surface area contributed by atoms with E-state index < -0.39 is 39.8 Å². The molecule has 3 unspecified atom stereocenters. The van der Waals surface area contributed by atoms with Gasteiger partial charge in [0.2, 0.25) is 11.8 Å². The molecule has 2 amide bonds. The summed E-state index contributed by atoms with van der Waals surface area (Å²) in [5.74, 6) is -1.81. The number of hydrogen-bond acceptors (Lipinski definition) is 10. The van der Waals surface area contributed by atoms with E-state index in [2.05, 4.69) is 29.0 Å². The first-order valence-corrected chi connectivity index (χ1v) is 23.9. The number of aliphatic hydroxyl groups is 2. The highest BCUT2D eigenvalue weighted by atomic mass is 35.5. The molecule has 16 heteroatoms. The van der Waals surface area contributed by atoms with Crippen LogP contribution in [0.4, 0.5) is 14.5 Å². The van der Waals surface area contributed by atoms with Crippen LogP contribution >= 0.6 is 23.2 Å². The number of methoxy groups -OCH3 is 2. The molecule has 6 rings (SSSR count). The Balaban J connectivity index is 1.05. The summed E-state index contributed by atoms with van der Waals surface area (Å²) < 4.78 is 50.5. The summed E-state index contributed by atoms with van der Waals surface area (Å²) in [6.07, 6.45) is 2.84. The third kappa shape index (κ3) is 12.9. The predicted molar refractivity (Wildman–Crippen MR) is 261 cm³/mol. The lowest BCUT2D eigenvalue weighted by atomic mass is 9.67. The normalized spacial score (nSPS) is 20.9. The van der Waals surface area contributed by atoms with Crippen LogP contribution in [-0.2, 0) is 22.4 Å². The molecule has 68 heavy (non-hydrogen) atoms. The van der Waals surface area contributed by atoms with Gasteiger partial charge in [-0.05, 0) is 73.2 Å². The highest BCUT2D eigenvalue weighted by molar-refractivity contribution is 6.32. The number of hydrogen-bond donors (Lipinski definition) is 4. The topological polar surface area (TPSA) is 156 Å². The highest BCUT2D eigenvalue weighted by Crippen LogP contribution is 2.44. The molecule has 4 aromatic rings. The average Bonchev–Trinajstić information content (AvgIpc) is 3.28. The SMILES string of the molecule is COc1cc(OCCCN2CCC(O)(Cc3ccc(F)cc3)C(C)(C)C2)c(NC(=O)CC(C(N)=O)c2cc(Cl)c(OC)cc2OCCCN2CCC(O)(Cc3ccc(F)cc3)C(C)(C)C2)cc1Cl. The van der Waals surface area contributed by atoms with E-state index in [1.165, 1.54) is 50.6 Å². The number of rotatable bonds is 21. The third-order valence-electron chi connectivity index (χ3n) is 13.9. The molecule has 0 saturated carbocycles. The van der Waals surface area contributed by atoms with Gasteiger partial charge in [-0.3, -0.25) is 9.59 Å². The van der Waals surface area contributed by atoms with E-state index >= 15 is 0 Å². The highest BCUT2D eigenvalue weighted by Gasteiger charge is 2.48. The van der Waals surface area contributed by atoms with E-state index in [0.717, 1.165) is 11.1 Å². The number of amides is 2. The first-order valence-electron chi connectivity index (χ1n) is 23.1. The van der Waals surface area contributed by atoms with Crippen LogP contribution in [0.2, 0.25) is 10.0 Å². The molecule has 5 N–H and O–H groups in total. The summed E-state index contributed by atoms with van der Waals surface area (Å²) in [5, 5.41) is 26.7. The van der Waals surface area contributed by atoms with E-state index in [4.69, 9.17) is 47.9 Å². The molecular formula is C52H66Cl2F2N4O8. The molecule has 2 aliphatic rings. The second-order valence-electron chi connectivity index (χ2n) is 19.6. The molecule has 12 nitrogen and oxygen atoms in total. The molecule has 0 aliphatic carbocycles. The number of piperidine rings is 2. The van der Waals surface area contributed by atoms with E-state index in [1.807, 2.05) is 13.8 Å². The molecule has 0 spiro atoms. The molecule has 370 valence electrons. The van der Waals surface area contributed by atoms with Crippen LogP contribution in [0.25, 0.3) is 0 Å². The summed E-state index contributed by atoms with van der Waals surface area (Å²) in [7, 11) is 2.94. The van der Waals surface area contributed by atoms with Crippen LogP contribution in [0, 0.1) is 22.5 Å². The Morgan fingerprint density at radius 2 is 1.15 bits per heavy atom. The van der Waals surface area contributed by atoms with Crippen molar-refractivity contribution >= 4 is 40.7 Å². The molecular weight excluding hydrogens is 917 g/mol. The first kappa shape index (κ1) is 52.7. The van der Waals surface area contributed by atoms with Gasteiger partial charge in [0.25, 0.3) is 0 Å². The number of primary amides is 1. The van der Waals surface area contributed by atoms with Crippen LogP contribution in [0.15, 0.2) is 72.8 Å². The van der Waals surface area contributed by atoms with Gasteiger partial charge in [0.15, 0.2) is 0 Å². The van der Waals surface area contributed by atoms with Gasteiger partial charge in [-0.25, -0.2) is 8.78 Å². The Morgan fingerprint density at radius 1 is 0.706 bits per heavy atom. The van der Waals surface area contributed by atoms with Gasteiger partial charge in [-0.15, -0.1) is 0 Å². The zero-order chi connectivity index (χ0) is 49.4.